The lowest BCUT2D eigenvalue weighted by Gasteiger charge is -2.13. The van der Waals surface area contributed by atoms with Crippen LogP contribution in [0.2, 0.25) is 0 Å². The molecule has 6 heteroatoms. The number of guanidine groups is 1. The summed E-state index contributed by atoms with van der Waals surface area (Å²) in [7, 11) is 3.29. The second-order valence-corrected chi connectivity index (χ2v) is 5.86. The summed E-state index contributed by atoms with van der Waals surface area (Å²) in [6.07, 6.45) is 2.11. The van der Waals surface area contributed by atoms with E-state index in [0.29, 0.717) is 6.54 Å². The topological polar surface area (TPSA) is 54.9 Å². The summed E-state index contributed by atoms with van der Waals surface area (Å²) in [5, 5.41) is 6.68. The van der Waals surface area contributed by atoms with Crippen LogP contribution in [0.25, 0.3) is 0 Å². The largest absolute Gasteiger partial charge is 0.493 e. The first-order valence-electron chi connectivity index (χ1n) is 9.04. The fourth-order valence-corrected chi connectivity index (χ4v) is 2.73. The fourth-order valence-electron chi connectivity index (χ4n) is 2.73. The predicted molar refractivity (Wildman–Crippen MR) is 123 cm³/mol. The molecular formula is C21H30IN3O2. The molecule has 0 amide bonds. The molecule has 0 spiro atoms. The molecule has 0 aromatic heterocycles. The standard InChI is InChI=1S/C21H29N3O2.HI/c1-4-22-21(23-15-9-12-17-10-6-5-7-11-17)24-16-18-13-8-14-19(25-2)20(18)26-3;/h5-8,10-11,13-14H,4,9,12,15-16H2,1-3H3,(H2,22,23,24);1H. The van der Waals surface area contributed by atoms with Crippen LogP contribution in [0.1, 0.15) is 24.5 Å². The third-order valence-corrected chi connectivity index (χ3v) is 4.01. The number of aryl methyl sites for hydroxylation is 1. The first-order chi connectivity index (χ1) is 12.8. The summed E-state index contributed by atoms with van der Waals surface area (Å²) in [5.74, 6) is 2.27. The molecule has 0 saturated heterocycles. The number of nitrogens with zero attached hydrogens (tertiary/aromatic N) is 1. The number of hydrogen-bond donors (Lipinski definition) is 2. The molecule has 0 aliphatic rings. The average Bonchev–Trinajstić information content (AvgIpc) is 2.69. The monoisotopic (exact) mass is 483 g/mol. The second kappa shape index (κ2) is 13.2. The lowest BCUT2D eigenvalue weighted by atomic mass is 10.1. The summed E-state index contributed by atoms with van der Waals surface area (Å²) in [5.41, 5.74) is 2.35. The Hall–Kier alpha value is -1.96. The van der Waals surface area contributed by atoms with Crippen LogP contribution in [0, 0.1) is 0 Å². The fraction of sp³-hybridized carbons (Fsp3) is 0.381. The number of aliphatic imine (C=N–C) groups is 1. The van der Waals surface area contributed by atoms with Crippen LogP contribution in [0.5, 0.6) is 11.5 Å². The van der Waals surface area contributed by atoms with Gasteiger partial charge in [-0.1, -0.05) is 42.5 Å². The van der Waals surface area contributed by atoms with Crippen molar-refractivity contribution in [1.82, 2.24) is 10.6 Å². The lowest BCUT2D eigenvalue weighted by molar-refractivity contribution is 0.352. The van der Waals surface area contributed by atoms with E-state index in [2.05, 4.69) is 46.8 Å². The number of para-hydroxylation sites is 1. The third kappa shape index (κ3) is 7.66. The van der Waals surface area contributed by atoms with E-state index in [9.17, 15) is 0 Å². The van der Waals surface area contributed by atoms with E-state index in [1.54, 1.807) is 14.2 Å². The van der Waals surface area contributed by atoms with Crippen molar-refractivity contribution in [1.29, 1.82) is 0 Å². The number of hydrogen-bond acceptors (Lipinski definition) is 3. The molecule has 2 aromatic rings. The van der Waals surface area contributed by atoms with Crippen LogP contribution in [0.3, 0.4) is 0 Å². The maximum absolute atomic E-state index is 5.47. The smallest absolute Gasteiger partial charge is 0.191 e. The molecule has 2 N–H and O–H groups in total. The van der Waals surface area contributed by atoms with E-state index in [-0.39, 0.29) is 24.0 Å². The SMILES string of the molecule is CCNC(=NCc1cccc(OC)c1OC)NCCCc1ccccc1.I. The zero-order valence-corrected chi connectivity index (χ0v) is 18.7. The molecule has 5 nitrogen and oxygen atoms in total. The van der Waals surface area contributed by atoms with E-state index >= 15 is 0 Å². The molecule has 0 aliphatic heterocycles. The van der Waals surface area contributed by atoms with Gasteiger partial charge in [-0.05, 0) is 31.4 Å². The number of nitrogens with one attached hydrogen (secondary N) is 2. The van der Waals surface area contributed by atoms with Crippen molar-refractivity contribution in [2.75, 3.05) is 27.3 Å². The molecule has 0 fully saturated rings. The highest BCUT2D eigenvalue weighted by atomic mass is 127. The number of rotatable bonds is 9. The molecule has 0 aliphatic carbocycles. The average molecular weight is 483 g/mol. The Morgan fingerprint density at radius 1 is 0.963 bits per heavy atom. The van der Waals surface area contributed by atoms with Gasteiger partial charge in [0.05, 0.1) is 20.8 Å². The van der Waals surface area contributed by atoms with Crippen LogP contribution in [0.4, 0.5) is 0 Å². The van der Waals surface area contributed by atoms with Crippen molar-refractivity contribution in [2.45, 2.75) is 26.3 Å². The van der Waals surface area contributed by atoms with Gasteiger partial charge < -0.3 is 20.1 Å². The second-order valence-electron chi connectivity index (χ2n) is 5.86. The van der Waals surface area contributed by atoms with Gasteiger partial charge in [-0.25, -0.2) is 4.99 Å². The number of benzene rings is 2. The number of halogens is 1. The van der Waals surface area contributed by atoms with Gasteiger partial charge in [0.25, 0.3) is 0 Å². The van der Waals surface area contributed by atoms with Crippen LogP contribution in [-0.4, -0.2) is 33.3 Å². The van der Waals surface area contributed by atoms with E-state index in [0.717, 1.165) is 49.0 Å². The van der Waals surface area contributed by atoms with Crippen molar-refractivity contribution in [2.24, 2.45) is 4.99 Å². The molecular weight excluding hydrogens is 453 g/mol. The minimum absolute atomic E-state index is 0. The number of methoxy groups -OCH3 is 2. The highest BCUT2D eigenvalue weighted by Crippen LogP contribution is 2.30. The highest BCUT2D eigenvalue weighted by Gasteiger charge is 2.09. The van der Waals surface area contributed by atoms with E-state index < -0.39 is 0 Å². The summed E-state index contributed by atoms with van der Waals surface area (Å²) in [6.45, 7) is 4.28. The van der Waals surface area contributed by atoms with Crippen LogP contribution in [0.15, 0.2) is 53.5 Å². The Morgan fingerprint density at radius 3 is 2.41 bits per heavy atom. The maximum atomic E-state index is 5.47. The molecule has 2 aromatic carbocycles. The van der Waals surface area contributed by atoms with Gasteiger partial charge in [0, 0.05) is 18.7 Å². The Morgan fingerprint density at radius 2 is 1.74 bits per heavy atom. The van der Waals surface area contributed by atoms with Crippen molar-refractivity contribution in [3.63, 3.8) is 0 Å². The zero-order chi connectivity index (χ0) is 18.6. The number of ether oxygens (including phenoxy) is 2. The molecule has 148 valence electrons. The molecule has 0 saturated carbocycles. The van der Waals surface area contributed by atoms with Gasteiger partial charge in [0.2, 0.25) is 0 Å². The summed E-state index contributed by atoms with van der Waals surface area (Å²) < 4.78 is 10.8. The van der Waals surface area contributed by atoms with E-state index in [1.807, 2.05) is 24.3 Å². The molecule has 2 rings (SSSR count). The Balaban J connectivity index is 0.00000364. The molecule has 0 radical (unpaired) electrons. The van der Waals surface area contributed by atoms with Gasteiger partial charge in [-0.3, -0.25) is 0 Å². The molecule has 27 heavy (non-hydrogen) atoms. The van der Waals surface area contributed by atoms with Gasteiger partial charge in [0.1, 0.15) is 0 Å². The van der Waals surface area contributed by atoms with E-state index in [4.69, 9.17) is 9.47 Å². The summed E-state index contributed by atoms with van der Waals surface area (Å²) in [4.78, 5) is 4.67. The first kappa shape index (κ1) is 23.1. The lowest BCUT2D eigenvalue weighted by Crippen LogP contribution is -2.37. The van der Waals surface area contributed by atoms with Gasteiger partial charge in [-0.15, -0.1) is 24.0 Å². The Labute approximate surface area is 179 Å². The molecule has 0 bridgehead atoms. The zero-order valence-electron chi connectivity index (χ0n) is 16.3. The van der Waals surface area contributed by atoms with Crippen molar-refractivity contribution in [3.8, 4) is 11.5 Å². The molecule has 0 atom stereocenters. The quantitative estimate of drug-likeness (QED) is 0.245. The van der Waals surface area contributed by atoms with E-state index in [1.165, 1.54) is 5.56 Å². The van der Waals surface area contributed by atoms with Crippen molar-refractivity contribution < 1.29 is 9.47 Å². The minimum Gasteiger partial charge on any atom is -0.493 e. The molecule has 0 unspecified atom stereocenters. The molecule has 0 heterocycles. The Kier molecular flexibility index (Phi) is 11.3. The van der Waals surface area contributed by atoms with Crippen LogP contribution >= 0.6 is 24.0 Å². The van der Waals surface area contributed by atoms with Crippen molar-refractivity contribution >= 4 is 29.9 Å². The Bertz CT molecular complexity index is 693. The van der Waals surface area contributed by atoms with Gasteiger partial charge >= 0.3 is 0 Å². The summed E-state index contributed by atoms with van der Waals surface area (Å²) >= 11 is 0. The maximum Gasteiger partial charge on any atom is 0.191 e. The predicted octanol–water partition coefficient (Wildman–Crippen LogP) is 4.01. The minimum atomic E-state index is 0. The van der Waals surface area contributed by atoms with Crippen LogP contribution < -0.4 is 20.1 Å². The van der Waals surface area contributed by atoms with Crippen LogP contribution in [-0.2, 0) is 13.0 Å². The third-order valence-electron chi connectivity index (χ3n) is 4.01. The van der Waals surface area contributed by atoms with Gasteiger partial charge in [0.15, 0.2) is 17.5 Å². The first-order valence-corrected chi connectivity index (χ1v) is 9.04. The van der Waals surface area contributed by atoms with Crippen molar-refractivity contribution in [3.05, 3.63) is 59.7 Å². The van der Waals surface area contributed by atoms with Gasteiger partial charge in [-0.2, -0.15) is 0 Å². The normalized spacial score (nSPS) is 10.7. The highest BCUT2D eigenvalue weighted by molar-refractivity contribution is 14.0. The summed E-state index contributed by atoms with van der Waals surface area (Å²) in [6, 6.07) is 16.4.